The molecule has 8 aromatic carbocycles. The fourth-order valence-corrected chi connectivity index (χ4v) is 8.12. The number of aryl methyl sites for hydroxylation is 1. The monoisotopic (exact) mass is 656 g/mol. The van der Waals surface area contributed by atoms with Gasteiger partial charge in [-0.1, -0.05) is 130 Å². The predicted molar refractivity (Wildman–Crippen MR) is 215 cm³/mol. The molecule has 0 bridgehead atoms. The van der Waals surface area contributed by atoms with Gasteiger partial charge in [-0.25, -0.2) is 0 Å². The maximum absolute atomic E-state index is 6.63. The van der Waals surface area contributed by atoms with Gasteiger partial charge in [0.2, 0.25) is 0 Å². The molecule has 0 aliphatic heterocycles. The Morgan fingerprint density at radius 1 is 0.412 bits per heavy atom. The SMILES string of the molecule is Cc1ccccc1-c1cc(-c2cc3ccccc3o2)c2ccc3c(-c4cccc(C(C)(C)C)c4)cc(-c4cc5ccccc5o4)c4ccc1c2c34. The Bertz CT molecular complexity index is 2900. The van der Waals surface area contributed by atoms with Gasteiger partial charge >= 0.3 is 0 Å². The van der Waals surface area contributed by atoms with Gasteiger partial charge in [0.05, 0.1) is 0 Å². The molecular formula is C49H36O2. The van der Waals surface area contributed by atoms with Crippen LogP contribution in [0.25, 0.3) is 99.2 Å². The maximum atomic E-state index is 6.63. The summed E-state index contributed by atoms with van der Waals surface area (Å²) >= 11 is 0. The van der Waals surface area contributed by atoms with Crippen molar-refractivity contribution in [2.75, 3.05) is 0 Å². The van der Waals surface area contributed by atoms with Crippen LogP contribution in [-0.4, -0.2) is 0 Å². The zero-order chi connectivity index (χ0) is 34.4. The number of furan rings is 2. The van der Waals surface area contributed by atoms with Crippen LogP contribution in [0.15, 0.2) is 154 Å². The number of rotatable bonds is 4. The number of hydrogen-bond donors (Lipinski definition) is 0. The molecule has 0 N–H and O–H groups in total. The van der Waals surface area contributed by atoms with E-state index in [1.165, 1.54) is 65.7 Å². The van der Waals surface area contributed by atoms with Crippen LogP contribution >= 0.6 is 0 Å². The number of para-hydroxylation sites is 2. The van der Waals surface area contributed by atoms with Crippen LogP contribution in [0.5, 0.6) is 0 Å². The molecule has 10 rings (SSSR count). The summed E-state index contributed by atoms with van der Waals surface area (Å²) in [5.74, 6) is 1.75. The van der Waals surface area contributed by atoms with Crippen LogP contribution in [0.3, 0.4) is 0 Å². The molecule has 244 valence electrons. The fourth-order valence-electron chi connectivity index (χ4n) is 8.12. The van der Waals surface area contributed by atoms with Crippen molar-refractivity contribution >= 4 is 54.3 Å². The lowest BCUT2D eigenvalue weighted by molar-refractivity contribution is 0.590. The zero-order valence-electron chi connectivity index (χ0n) is 29.2. The maximum Gasteiger partial charge on any atom is 0.136 e. The second-order valence-corrected chi connectivity index (χ2v) is 15.0. The summed E-state index contributed by atoms with van der Waals surface area (Å²) in [5, 5.41) is 9.50. The second kappa shape index (κ2) is 10.9. The molecule has 0 aliphatic carbocycles. The average molecular weight is 657 g/mol. The molecular weight excluding hydrogens is 621 g/mol. The second-order valence-electron chi connectivity index (χ2n) is 15.0. The summed E-state index contributed by atoms with van der Waals surface area (Å²) in [6.45, 7) is 9.04. The Labute approximate surface area is 296 Å². The van der Waals surface area contributed by atoms with Gasteiger partial charge in [0.1, 0.15) is 22.7 Å². The quantitative estimate of drug-likeness (QED) is 0.176. The largest absolute Gasteiger partial charge is 0.456 e. The van der Waals surface area contributed by atoms with E-state index in [2.05, 4.69) is 161 Å². The Balaban J connectivity index is 1.38. The number of fused-ring (bicyclic) bond motifs is 2. The van der Waals surface area contributed by atoms with Gasteiger partial charge in [-0.15, -0.1) is 0 Å². The minimum absolute atomic E-state index is 0.0191. The van der Waals surface area contributed by atoms with Gasteiger partial charge in [-0.2, -0.15) is 0 Å². The van der Waals surface area contributed by atoms with Crippen LogP contribution in [0.1, 0.15) is 31.9 Å². The molecule has 0 amide bonds. The third-order valence-corrected chi connectivity index (χ3v) is 10.8. The van der Waals surface area contributed by atoms with E-state index in [0.29, 0.717) is 0 Å². The summed E-state index contributed by atoms with van der Waals surface area (Å²) in [7, 11) is 0. The molecule has 2 aromatic heterocycles. The van der Waals surface area contributed by atoms with Crippen LogP contribution in [0.2, 0.25) is 0 Å². The van der Waals surface area contributed by atoms with Gasteiger partial charge in [0.15, 0.2) is 0 Å². The first kappa shape index (κ1) is 29.8. The van der Waals surface area contributed by atoms with Gasteiger partial charge in [0.25, 0.3) is 0 Å². The molecule has 2 heterocycles. The van der Waals surface area contributed by atoms with Crippen LogP contribution in [0.4, 0.5) is 0 Å². The van der Waals surface area contributed by atoms with Gasteiger partial charge < -0.3 is 8.83 Å². The third kappa shape index (κ3) is 4.63. The van der Waals surface area contributed by atoms with Gasteiger partial charge in [-0.3, -0.25) is 0 Å². The van der Waals surface area contributed by atoms with E-state index < -0.39 is 0 Å². The van der Waals surface area contributed by atoms with E-state index in [0.717, 1.165) is 44.6 Å². The smallest absolute Gasteiger partial charge is 0.136 e. The van der Waals surface area contributed by atoms with Crippen molar-refractivity contribution in [1.82, 2.24) is 0 Å². The Morgan fingerprint density at radius 3 is 1.49 bits per heavy atom. The first-order chi connectivity index (χ1) is 24.8. The highest BCUT2D eigenvalue weighted by atomic mass is 16.3. The normalized spacial score (nSPS) is 12.3. The zero-order valence-corrected chi connectivity index (χ0v) is 29.2. The van der Waals surface area contributed by atoms with E-state index in [4.69, 9.17) is 8.83 Å². The predicted octanol–water partition coefficient (Wildman–Crippen LogP) is 14.4. The molecule has 0 saturated heterocycles. The summed E-state index contributed by atoms with van der Waals surface area (Å²) in [6, 6.07) is 52.7. The molecule has 0 fully saturated rings. The van der Waals surface area contributed by atoms with Crippen molar-refractivity contribution in [3.63, 3.8) is 0 Å². The van der Waals surface area contributed by atoms with Crippen molar-refractivity contribution in [1.29, 1.82) is 0 Å². The summed E-state index contributed by atoms with van der Waals surface area (Å²) in [4.78, 5) is 0. The first-order valence-corrected chi connectivity index (χ1v) is 17.8. The van der Waals surface area contributed by atoms with Crippen molar-refractivity contribution in [3.8, 4) is 44.9 Å². The van der Waals surface area contributed by atoms with Crippen molar-refractivity contribution < 1.29 is 8.83 Å². The first-order valence-electron chi connectivity index (χ1n) is 17.8. The minimum Gasteiger partial charge on any atom is -0.456 e. The van der Waals surface area contributed by atoms with E-state index in [9.17, 15) is 0 Å². The van der Waals surface area contributed by atoms with E-state index >= 15 is 0 Å². The molecule has 0 atom stereocenters. The van der Waals surface area contributed by atoms with Crippen molar-refractivity contribution in [2.24, 2.45) is 0 Å². The van der Waals surface area contributed by atoms with Crippen LogP contribution < -0.4 is 0 Å². The number of benzene rings is 8. The van der Waals surface area contributed by atoms with Crippen LogP contribution in [-0.2, 0) is 5.41 Å². The highest BCUT2D eigenvalue weighted by Crippen LogP contribution is 2.49. The minimum atomic E-state index is 0.0191. The van der Waals surface area contributed by atoms with Gasteiger partial charge in [-0.05, 0) is 114 Å². The molecule has 2 nitrogen and oxygen atoms in total. The molecule has 2 heteroatoms. The summed E-state index contributed by atoms with van der Waals surface area (Å²) in [6.07, 6.45) is 0. The van der Waals surface area contributed by atoms with E-state index in [-0.39, 0.29) is 5.41 Å². The average Bonchev–Trinajstić information content (AvgIpc) is 3.78. The lowest BCUT2D eigenvalue weighted by atomic mass is 9.81. The third-order valence-electron chi connectivity index (χ3n) is 10.8. The number of hydrogen-bond acceptors (Lipinski definition) is 2. The Morgan fingerprint density at radius 2 is 0.922 bits per heavy atom. The lowest BCUT2D eigenvalue weighted by Gasteiger charge is -2.22. The molecule has 0 spiro atoms. The fraction of sp³-hybridized carbons (Fsp3) is 0.102. The Kier molecular flexibility index (Phi) is 6.38. The van der Waals surface area contributed by atoms with Crippen molar-refractivity contribution in [3.05, 3.63) is 157 Å². The Hall–Kier alpha value is -6.12. The molecule has 0 aliphatic rings. The summed E-state index contributed by atoms with van der Waals surface area (Å²) < 4.78 is 13.2. The van der Waals surface area contributed by atoms with E-state index in [1.54, 1.807) is 0 Å². The lowest BCUT2D eigenvalue weighted by Crippen LogP contribution is -2.10. The molecule has 0 radical (unpaired) electrons. The topological polar surface area (TPSA) is 26.3 Å². The van der Waals surface area contributed by atoms with Crippen molar-refractivity contribution in [2.45, 2.75) is 33.1 Å². The standard InChI is InChI=1S/C49H36O2/c1-29-12-5-8-17-34(29)40-28-42(46-26-32-14-7-10-19-44(32)51-46)38-22-20-35-39(30-15-11-16-33(24-30)49(2,3)4)27-41(37-23-21-36(40)48(38)47(35)37)45-25-31-13-6-9-18-43(31)50-45/h5-28H,1-4H3. The van der Waals surface area contributed by atoms with Crippen LogP contribution in [0, 0.1) is 6.92 Å². The van der Waals surface area contributed by atoms with E-state index in [1.807, 2.05) is 12.1 Å². The highest BCUT2D eigenvalue weighted by molar-refractivity contribution is 6.32. The van der Waals surface area contributed by atoms with Gasteiger partial charge in [0, 0.05) is 21.9 Å². The molecule has 51 heavy (non-hydrogen) atoms. The molecule has 0 unspecified atom stereocenters. The molecule has 0 saturated carbocycles. The highest BCUT2D eigenvalue weighted by Gasteiger charge is 2.24. The molecule has 10 aromatic rings. The summed E-state index contributed by atoms with van der Waals surface area (Å²) in [5.41, 5.74) is 11.4.